The number of hydrogen-bond donors (Lipinski definition) is 3. The monoisotopic (exact) mass is 504 g/mol. The highest BCUT2D eigenvalue weighted by molar-refractivity contribution is 14.1. The van der Waals surface area contributed by atoms with E-state index < -0.39 is 11.7 Å². The van der Waals surface area contributed by atoms with Crippen molar-refractivity contribution in [2.45, 2.75) is 13.3 Å². The zero-order chi connectivity index (χ0) is 19.6. The number of carbonyl (C=O) groups is 1. The molecule has 0 heterocycles. The van der Waals surface area contributed by atoms with Crippen LogP contribution in [-0.2, 0) is 4.84 Å². The second-order valence-corrected chi connectivity index (χ2v) is 8.23. The summed E-state index contributed by atoms with van der Waals surface area (Å²) >= 11 is 8.07. The maximum absolute atomic E-state index is 14.0. The van der Waals surface area contributed by atoms with Crippen LogP contribution >= 0.6 is 34.2 Å². The van der Waals surface area contributed by atoms with Crippen LogP contribution in [-0.4, -0.2) is 24.2 Å². The first kappa shape index (κ1) is 20.3. The van der Waals surface area contributed by atoms with Crippen molar-refractivity contribution in [3.8, 4) is 0 Å². The van der Waals surface area contributed by atoms with Crippen molar-refractivity contribution in [2.75, 3.05) is 18.5 Å². The predicted molar refractivity (Wildman–Crippen MR) is 111 cm³/mol. The van der Waals surface area contributed by atoms with Crippen molar-refractivity contribution in [3.63, 3.8) is 0 Å². The zero-order valence-electron chi connectivity index (χ0n) is 14.6. The molecule has 3 N–H and O–H groups in total. The lowest BCUT2D eigenvalue weighted by Crippen LogP contribution is -2.26. The number of rotatable bonds is 7. The van der Waals surface area contributed by atoms with Gasteiger partial charge in [0.05, 0.1) is 22.9 Å². The number of aliphatic hydroxyl groups excluding tert-OH is 1. The molecule has 2 atom stereocenters. The predicted octanol–water partition coefficient (Wildman–Crippen LogP) is 4.43. The molecule has 27 heavy (non-hydrogen) atoms. The van der Waals surface area contributed by atoms with Gasteiger partial charge in [0.1, 0.15) is 5.82 Å². The Hall–Kier alpha value is -1.42. The van der Waals surface area contributed by atoms with Gasteiger partial charge in [-0.25, -0.2) is 9.87 Å². The van der Waals surface area contributed by atoms with Gasteiger partial charge in [-0.05, 0) is 83.7 Å². The van der Waals surface area contributed by atoms with Gasteiger partial charge in [0.25, 0.3) is 5.91 Å². The van der Waals surface area contributed by atoms with Gasteiger partial charge in [-0.15, -0.1) is 0 Å². The van der Waals surface area contributed by atoms with Crippen LogP contribution in [0.4, 0.5) is 15.8 Å². The number of hydroxylamine groups is 1. The van der Waals surface area contributed by atoms with Crippen LogP contribution in [0.3, 0.4) is 0 Å². The third-order valence-electron chi connectivity index (χ3n) is 4.53. The Morgan fingerprint density at radius 3 is 2.78 bits per heavy atom. The molecule has 3 rings (SSSR count). The highest BCUT2D eigenvalue weighted by Crippen LogP contribution is 2.37. The van der Waals surface area contributed by atoms with Gasteiger partial charge in [-0.2, -0.15) is 0 Å². The summed E-state index contributed by atoms with van der Waals surface area (Å²) in [6.07, 6.45) is 0.883. The standard InChI is InChI=1S/C19H19ClFIN2O3/c1-10-4-13(22)2-3-17(10)23-18-7-16(21)15(20)6-14(18)19(26)24-27-9-12-5-11(12)8-25/h2-4,6-7,11-12,23,25H,5,8-9H2,1H3,(H,24,26). The molecule has 0 radical (unpaired) electrons. The Labute approximate surface area is 175 Å². The summed E-state index contributed by atoms with van der Waals surface area (Å²) < 4.78 is 15.1. The fourth-order valence-corrected chi connectivity index (χ4v) is 3.57. The summed E-state index contributed by atoms with van der Waals surface area (Å²) in [5, 5.41) is 12.0. The highest BCUT2D eigenvalue weighted by atomic mass is 127. The van der Waals surface area contributed by atoms with Gasteiger partial charge in [0.2, 0.25) is 0 Å². The van der Waals surface area contributed by atoms with Crippen LogP contribution in [0.1, 0.15) is 22.3 Å². The minimum atomic E-state index is -0.622. The number of aryl methyl sites for hydroxylation is 1. The molecule has 2 aromatic carbocycles. The van der Waals surface area contributed by atoms with E-state index >= 15 is 0 Å². The van der Waals surface area contributed by atoms with E-state index in [4.69, 9.17) is 21.5 Å². The molecular weight excluding hydrogens is 486 g/mol. The van der Waals surface area contributed by atoms with E-state index in [1.807, 2.05) is 25.1 Å². The number of nitrogens with one attached hydrogen (secondary N) is 2. The third kappa shape index (κ3) is 5.10. The first-order chi connectivity index (χ1) is 12.9. The number of benzene rings is 2. The Balaban J connectivity index is 1.75. The van der Waals surface area contributed by atoms with Crippen LogP contribution in [0.5, 0.6) is 0 Å². The number of amides is 1. The number of anilines is 2. The van der Waals surface area contributed by atoms with Crippen molar-refractivity contribution >= 4 is 51.5 Å². The highest BCUT2D eigenvalue weighted by Gasteiger charge is 2.36. The van der Waals surface area contributed by atoms with E-state index in [1.54, 1.807) is 0 Å². The van der Waals surface area contributed by atoms with Crippen molar-refractivity contribution in [3.05, 3.63) is 55.9 Å². The molecule has 0 spiro atoms. The normalized spacial score (nSPS) is 18.3. The molecule has 0 saturated heterocycles. The summed E-state index contributed by atoms with van der Waals surface area (Å²) in [7, 11) is 0. The molecule has 1 aliphatic rings. The first-order valence-electron chi connectivity index (χ1n) is 8.44. The van der Waals surface area contributed by atoms with Gasteiger partial charge in [0.15, 0.2) is 0 Å². The average Bonchev–Trinajstić information content (AvgIpc) is 3.38. The lowest BCUT2D eigenvalue weighted by atomic mass is 10.1. The van der Waals surface area contributed by atoms with Gasteiger partial charge >= 0.3 is 0 Å². The van der Waals surface area contributed by atoms with Crippen molar-refractivity contribution in [1.82, 2.24) is 5.48 Å². The quantitative estimate of drug-likeness (QED) is 0.386. The van der Waals surface area contributed by atoms with Crippen LogP contribution < -0.4 is 10.8 Å². The smallest absolute Gasteiger partial charge is 0.277 e. The van der Waals surface area contributed by atoms with Crippen LogP contribution in [0.25, 0.3) is 0 Å². The fourth-order valence-electron chi connectivity index (χ4n) is 2.76. The van der Waals surface area contributed by atoms with E-state index in [2.05, 4.69) is 33.4 Å². The molecule has 5 nitrogen and oxygen atoms in total. The minimum absolute atomic E-state index is 0.124. The molecule has 0 aromatic heterocycles. The summed E-state index contributed by atoms with van der Waals surface area (Å²) in [6.45, 7) is 2.37. The molecule has 1 fully saturated rings. The van der Waals surface area contributed by atoms with Crippen LogP contribution in [0.15, 0.2) is 30.3 Å². The van der Waals surface area contributed by atoms with Gasteiger partial charge in [-0.3, -0.25) is 9.63 Å². The molecule has 0 bridgehead atoms. The Morgan fingerprint density at radius 2 is 2.11 bits per heavy atom. The maximum Gasteiger partial charge on any atom is 0.277 e. The Kier molecular flexibility index (Phi) is 6.56. The summed E-state index contributed by atoms with van der Waals surface area (Å²) in [6, 6.07) is 8.22. The number of aliphatic hydroxyl groups is 1. The Morgan fingerprint density at radius 1 is 1.33 bits per heavy atom. The van der Waals surface area contributed by atoms with E-state index in [9.17, 15) is 9.18 Å². The van der Waals surface area contributed by atoms with E-state index in [0.717, 1.165) is 21.2 Å². The van der Waals surface area contributed by atoms with Gasteiger partial charge in [0, 0.05) is 15.9 Å². The van der Waals surface area contributed by atoms with Gasteiger partial charge in [-0.1, -0.05) is 11.6 Å². The van der Waals surface area contributed by atoms with Crippen molar-refractivity contribution < 1.29 is 19.1 Å². The largest absolute Gasteiger partial charge is 0.396 e. The lowest BCUT2D eigenvalue weighted by Gasteiger charge is -2.15. The average molecular weight is 505 g/mol. The Bertz CT molecular complexity index is 865. The molecule has 2 aromatic rings. The molecule has 1 amide bonds. The van der Waals surface area contributed by atoms with Gasteiger partial charge < -0.3 is 10.4 Å². The number of halogens is 3. The second-order valence-electron chi connectivity index (χ2n) is 6.58. The SMILES string of the molecule is Cc1cc(I)ccc1Nc1cc(F)c(Cl)cc1C(=O)NOCC1CC1CO. The second kappa shape index (κ2) is 8.72. The van der Waals surface area contributed by atoms with Crippen LogP contribution in [0, 0.1) is 28.1 Å². The minimum Gasteiger partial charge on any atom is -0.396 e. The van der Waals surface area contributed by atoms with Crippen molar-refractivity contribution in [2.24, 2.45) is 11.8 Å². The molecule has 8 heteroatoms. The topological polar surface area (TPSA) is 70.6 Å². The molecule has 2 unspecified atom stereocenters. The summed E-state index contributed by atoms with van der Waals surface area (Å²) in [5.74, 6) is -0.658. The summed E-state index contributed by atoms with van der Waals surface area (Å²) in [5.41, 5.74) is 4.56. The van der Waals surface area contributed by atoms with E-state index in [0.29, 0.717) is 12.3 Å². The lowest BCUT2D eigenvalue weighted by molar-refractivity contribution is 0.0248. The molecule has 1 saturated carbocycles. The fraction of sp³-hybridized carbons (Fsp3) is 0.316. The molecule has 0 aliphatic heterocycles. The van der Waals surface area contributed by atoms with E-state index in [-0.39, 0.29) is 29.0 Å². The zero-order valence-corrected chi connectivity index (χ0v) is 17.5. The van der Waals surface area contributed by atoms with E-state index in [1.165, 1.54) is 12.1 Å². The number of carbonyl (C=O) groups excluding carboxylic acids is 1. The first-order valence-corrected chi connectivity index (χ1v) is 9.90. The summed E-state index contributed by atoms with van der Waals surface area (Å²) in [4.78, 5) is 17.7. The van der Waals surface area contributed by atoms with Crippen LogP contribution in [0.2, 0.25) is 5.02 Å². The van der Waals surface area contributed by atoms with Crippen molar-refractivity contribution in [1.29, 1.82) is 0 Å². The maximum atomic E-state index is 14.0. The number of hydrogen-bond acceptors (Lipinski definition) is 4. The third-order valence-corrected chi connectivity index (χ3v) is 5.49. The molecule has 144 valence electrons. The molecular formula is C19H19ClFIN2O3. The molecule has 1 aliphatic carbocycles.